The molecule has 174 valence electrons. The Labute approximate surface area is 207 Å². The molecule has 2 aromatic heterocycles. The number of benzene rings is 2. The minimum absolute atomic E-state index is 0.120. The van der Waals surface area contributed by atoms with E-state index in [1.54, 1.807) is 28.6 Å². The Balaban J connectivity index is 1.37. The lowest BCUT2D eigenvalue weighted by molar-refractivity contribution is 0.0714. The van der Waals surface area contributed by atoms with Gasteiger partial charge in [0.25, 0.3) is 5.91 Å². The van der Waals surface area contributed by atoms with Crippen LogP contribution in [0.4, 0.5) is 0 Å². The predicted octanol–water partition coefficient (Wildman–Crippen LogP) is 5.71. The van der Waals surface area contributed by atoms with Crippen LogP contribution in [0.2, 0.25) is 10.2 Å². The predicted molar refractivity (Wildman–Crippen MR) is 130 cm³/mol. The van der Waals surface area contributed by atoms with Crippen LogP contribution in [0, 0.1) is 13.8 Å². The lowest BCUT2D eigenvalue weighted by Gasteiger charge is -2.20. The zero-order chi connectivity index (χ0) is 23.8. The van der Waals surface area contributed by atoms with E-state index in [0.717, 1.165) is 24.0 Å². The van der Waals surface area contributed by atoms with Crippen LogP contribution in [0.5, 0.6) is 0 Å². The monoisotopic (exact) mass is 495 g/mol. The summed E-state index contributed by atoms with van der Waals surface area (Å²) < 4.78 is 7.52. The van der Waals surface area contributed by atoms with Crippen molar-refractivity contribution in [2.45, 2.75) is 45.8 Å². The SMILES string of the molecule is Cc1ccc(Cn2nc(C)c(C(=O)N(Cc3nnc(-c4ccc(Cl)cc4)o3)C3CC3)c2Cl)cc1. The second-order valence-corrected chi connectivity index (χ2v) is 9.36. The second-order valence-electron chi connectivity index (χ2n) is 8.57. The molecule has 0 aliphatic heterocycles. The maximum Gasteiger partial charge on any atom is 0.259 e. The minimum atomic E-state index is -0.175. The summed E-state index contributed by atoms with van der Waals surface area (Å²) in [6.45, 7) is 4.55. The van der Waals surface area contributed by atoms with Crippen molar-refractivity contribution in [1.82, 2.24) is 24.9 Å². The molecule has 0 unspecified atom stereocenters. The van der Waals surface area contributed by atoms with Gasteiger partial charge in [0.2, 0.25) is 11.8 Å². The number of aromatic nitrogens is 4. The van der Waals surface area contributed by atoms with Crippen molar-refractivity contribution in [1.29, 1.82) is 0 Å². The Morgan fingerprint density at radius 3 is 2.44 bits per heavy atom. The number of carbonyl (C=O) groups excluding carboxylic acids is 1. The molecule has 2 aromatic carbocycles. The summed E-state index contributed by atoms with van der Waals surface area (Å²) in [5.74, 6) is 0.576. The van der Waals surface area contributed by atoms with Crippen molar-refractivity contribution in [3.8, 4) is 11.5 Å². The minimum Gasteiger partial charge on any atom is -0.419 e. The number of hydrogen-bond donors (Lipinski definition) is 0. The van der Waals surface area contributed by atoms with E-state index in [2.05, 4.69) is 15.3 Å². The number of amides is 1. The summed E-state index contributed by atoms with van der Waals surface area (Å²) in [7, 11) is 0. The van der Waals surface area contributed by atoms with Crippen LogP contribution < -0.4 is 0 Å². The highest BCUT2D eigenvalue weighted by molar-refractivity contribution is 6.33. The zero-order valence-electron chi connectivity index (χ0n) is 18.8. The molecule has 0 N–H and O–H groups in total. The summed E-state index contributed by atoms with van der Waals surface area (Å²) in [5, 5.41) is 13.8. The summed E-state index contributed by atoms with van der Waals surface area (Å²) in [6.07, 6.45) is 1.86. The van der Waals surface area contributed by atoms with E-state index in [1.807, 2.05) is 43.3 Å². The molecule has 1 fully saturated rings. The summed E-state index contributed by atoms with van der Waals surface area (Å²) in [5.41, 5.74) is 4.03. The number of nitrogens with zero attached hydrogens (tertiary/aromatic N) is 5. The third-order valence-electron chi connectivity index (χ3n) is 5.84. The highest BCUT2D eigenvalue weighted by Crippen LogP contribution is 2.32. The van der Waals surface area contributed by atoms with Gasteiger partial charge in [-0.2, -0.15) is 5.10 Å². The molecule has 2 heterocycles. The van der Waals surface area contributed by atoms with Crippen LogP contribution in [0.3, 0.4) is 0 Å². The van der Waals surface area contributed by atoms with Crippen LogP contribution in [0.15, 0.2) is 52.9 Å². The first-order valence-corrected chi connectivity index (χ1v) is 11.8. The molecule has 1 amide bonds. The summed E-state index contributed by atoms with van der Waals surface area (Å²) >= 11 is 12.6. The Morgan fingerprint density at radius 1 is 1.06 bits per heavy atom. The Kier molecular flexibility index (Phi) is 6.15. The third-order valence-corrected chi connectivity index (χ3v) is 6.48. The first-order chi connectivity index (χ1) is 16.4. The highest BCUT2D eigenvalue weighted by Gasteiger charge is 2.36. The van der Waals surface area contributed by atoms with Crippen molar-refractivity contribution in [3.05, 3.63) is 87.0 Å². The molecule has 0 bridgehead atoms. The number of halogens is 2. The van der Waals surface area contributed by atoms with Crippen molar-refractivity contribution < 1.29 is 9.21 Å². The maximum atomic E-state index is 13.6. The van der Waals surface area contributed by atoms with Crippen LogP contribution in [0.1, 0.15) is 45.9 Å². The van der Waals surface area contributed by atoms with Gasteiger partial charge in [-0.3, -0.25) is 4.79 Å². The first-order valence-electron chi connectivity index (χ1n) is 11.1. The fourth-order valence-corrected chi connectivity index (χ4v) is 4.28. The van der Waals surface area contributed by atoms with E-state index < -0.39 is 0 Å². The van der Waals surface area contributed by atoms with Crippen LogP contribution >= 0.6 is 23.2 Å². The van der Waals surface area contributed by atoms with Gasteiger partial charge in [0.15, 0.2) is 0 Å². The summed E-state index contributed by atoms with van der Waals surface area (Å²) in [6, 6.07) is 15.4. The topological polar surface area (TPSA) is 77.1 Å². The molecule has 0 spiro atoms. The number of carbonyl (C=O) groups is 1. The molecular weight excluding hydrogens is 473 g/mol. The van der Waals surface area contributed by atoms with Crippen molar-refractivity contribution in [3.63, 3.8) is 0 Å². The van der Waals surface area contributed by atoms with Crippen molar-refractivity contribution in [2.24, 2.45) is 0 Å². The number of hydrogen-bond acceptors (Lipinski definition) is 5. The Hall–Kier alpha value is -3.16. The van der Waals surface area contributed by atoms with Gasteiger partial charge in [-0.05, 0) is 56.5 Å². The van der Waals surface area contributed by atoms with Gasteiger partial charge in [0.1, 0.15) is 5.15 Å². The van der Waals surface area contributed by atoms with E-state index >= 15 is 0 Å². The Morgan fingerprint density at radius 2 is 1.76 bits per heavy atom. The third kappa shape index (κ3) is 4.72. The fourth-order valence-electron chi connectivity index (χ4n) is 3.84. The van der Waals surface area contributed by atoms with E-state index in [9.17, 15) is 4.79 Å². The van der Waals surface area contributed by atoms with E-state index in [4.69, 9.17) is 27.6 Å². The smallest absolute Gasteiger partial charge is 0.259 e. The van der Waals surface area contributed by atoms with Gasteiger partial charge in [-0.15, -0.1) is 10.2 Å². The van der Waals surface area contributed by atoms with Gasteiger partial charge in [-0.1, -0.05) is 53.0 Å². The summed E-state index contributed by atoms with van der Waals surface area (Å²) in [4.78, 5) is 15.3. The zero-order valence-corrected chi connectivity index (χ0v) is 20.3. The molecular formula is C25H23Cl2N5O2. The first kappa shape index (κ1) is 22.6. The van der Waals surface area contributed by atoms with Gasteiger partial charge in [0, 0.05) is 16.6 Å². The lowest BCUT2D eigenvalue weighted by Crippen LogP contribution is -2.33. The normalized spacial score (nSPS) is 13.3. The molecule has 7 nitrogen and oxygen atoms in total. The molecule has 0 atom stereocenters. The maximum absolute atomic E-state index is 13.6. The van der Waals surface area contributed by atoms with E-state index in [0.29, 0.717) is 39.8 Å². The van der Waals surface area contributed by atoms with E-state index in [-0.39, 0.29) is 18.5 Å². The second kappa shape index (κ2) is 9.24. The molecule has 1 aliphatic carbocycles. The van der Waals surface area contributed by atoms with E-state index in [1.165, 1.54) is 5.56 Å². The highest BCUT2D eigenvalue weighted by atomic mass is 35.5. The van der Waals surface area contributed by atoms with Gasteiger partial charge >= 0.3 is 0 Å². The van der Waals surface area contributed by atoms with Crippen LogP contribution in [-0.4, -0.2) is 36.8 Å². The van der Waals surface area contributed by atoms with Crippen LogP contribution in [0.25, 0.3) is 11.5 Å². The van der Waals surface area contributed by atoms with Gasteiger partial charge in [0.05, 0.1) is 24.3 Å². The van der Waals surface area contributed by atoms with Crippen LogP contribution in [-0.2, 0) is 13.1 Å². The molecule has 1 aliphatic rings. The van der Waals surface area contributed by atoms with Gasteiger partial charge < -0.3 is 9.32 Å². The molecule has 1 saturated carbocycles. The molecule has 0 saturated heterocycles. The van der Waals surface area contributed by atoms with Crippen molar-refractivity contribution in [2.75, 3.05) is 0 Å². The molecule has 34 heavy (non-hydrogen) atoms. The Bertz CT molecular complexity index is 1320. The fraction of sp³-hybridized carbons (Fsp3) is 0.280. The lowest BCUT2D eigenvalue weighted by atomic mass is 10.1. The average molecular weight is 496 g/mol. The van der Waals surface area contributed by atoms with Gasteiger partial charge in [-0.25, -0.2) is 4.68 Å². The number of rotatable bonds is 7. The molecule has 4 aromatic rings. The quantitative estimate of drug-likeness (QED) is 0.328. The molecule has 0 radical (unpaired) electrons. The van der Waals surface area contributed by atoms with Crippen molar-refractivity contribution >= 4 is 29.1 Å². The largest absolute Gasteiger partial charge is 0.419 e. The molecule has 9 heteroatoms. The number of aryl methyl sites for hydroxylation is 2. The standard InChI is InChI=1S/C25H23Cl2N5O2/c1-15-3-5-17(6-4-15)13-32-23(27)22(16(2)30-32)25(33)31(20-11-12-20)14-21-28-29-24(34-21)18-7-9-19(26)10-8-18/h3-10,20H,11-14H2,1-2H3. The molecule has 5 rings (SSSR count). The average Bonchev–Trinajstić information content (AvgIpc) is 3.49.